The second kappa shape index (κ2) is 10.9. The van der Waals surface area contributed by atoms with Gasteiger partial charge in [0.2, 0.25) is 0 Å². The van der Waals surface area contributed by atoms with Crippen LogP contribution in [-0.2, 0) is 11.2 Å². The van der Waals surface area contributed by atoms with Crippen LogP contribution >= 0.6 is 0 Å². The van der Waals surface area contributed by atoms with Crippen molar-refractivity contribution in [2.45, 2.75) is 70.8 Å². The lowest BCUT2D eigenvalue weighted by Crippen LogP contribution is -2.15. The van der Waals surface area contributed by atoms with E-state index in [1.807, 2.05) is 31.2 Å². The fourth-order valence-electron chi connectivity index (χ4n) is 3.98. The predicted octanol–water partition coefficient (Wildman–Crippen LogP) is 4.65. The molecule has 2 rings (SSSR count). The van der Waals surface area contributed by atoms with Gasteiger partial charge in [0.25, 0.3) is 0 Å². The summed E-state index contributed by atoms with van der Waals surface area (Å²) in [6.07, 6.45) is 8.49. The first-order valence-electron chi connectivity index (χ1n) is 10.2. The van der Waals surface area contributed by atoms with Crippen LogP contribution in [-0.4, -0.2) is 27.4 Å². The molecule has 1 aliphatic carbocycles. The van der Waals surface area contributed by atoms with Gasteiger partial charge in [0.1, 0.15) is 5.75 Å². The van der Waals surface area contributed by atoms with Gasteiger partial charge in [-0.05, 0) is 61.5 Å². The quantitative estimate of drug-likeness (QED) is 0.428. The van der Waals surface area contributed by atoms with E-state index in [-0.39, 0.29) is 18.3 Å². The normalized spacial score (nSPS) is 21.2. The second-order valence-electron chi connectivity index (χ2n) is 7.79. The number of allylic oxidation sites excluding steroid dienone is 1. The van der Waals surface area contributed by atoms with E-state index in [1.54, 1.807) is 6.92 Å². The molecule has 152 valence electrons. The zero-order valence-corrected chi connectivity index (χ0v) is 16.9. The number of rotatable bonds is 9. The molecule has 1 aliphatic rings. The van der Waals surface area contributed by atoms with Crippen LogP contribution in [0.1, 0.15) is 69.4 Å². The van der Waals surface area contributed by atoms with Gasteiger partial charge in [-0.1, -0.05) is 43.7 Å². The predicted molar refractivity (Wildman–Crippen MR) is 111 cm³/mol. The average molecular weight is 385 g/mol. The number of phenols is 1. The highest BCUT2D eigenvalue weighted by Gasteiger charge is 2.29. The summed E-state index contributed by atoms with van der Waals surface area (Å²) in [5.74, 6) is 5.99. The minimum Gasteiger partial charge on any atom is -0.507 e. The lowest BCUT2D eigenvalue weighted by Gasteiger charge is -2.21. The van der Waals surface area contributed by atoms with Gasteiger partial charge in [0, 0.05) is 12.8 Å². The lowest BCUT2D eigenvalue weighted by atomic mass is 9.86. The molecule has 0 aromatic heterocycles. The number of carboxylic acid groups (broad SMARTS) is 1. The van der Waals surface area contributed by atoms with E-state index in [4.69, 9.17) is 5.11 Å². The maximum atomic E-state index is 10.8. The molecule has 0 bridgehead atoms. The highest BCUT2D eigenvalue weighted by molar-refractivity contribution is 5.66. The Morgan fingerprint density at radius 1 is 1.36 bits per heavy atom. The lowest BCUT2D eigenvalue weighted by molar-refractivity contribution is -0.137. The molecule has 1 aromatic carbocycles. The molecular formula is C24H32O4. The summed E-state index contributed by atoms with van der Waals surface area (Å²) in [5, 5.41) is 29.9. The van der Waals surface area contributed by atoms with E-state index >= 15 is 0 Å². The van der Waals surface area contributed by atoms with Crippen LogP contribution in [0.25, 0.3) is 0 Å². The molecule has 4 nitrogen and oxygen atoms in total. The summed E-state index contributed by atoms with van der Waals surface area (Å²) in [7, 11) is 0. The van der Waals surface area contributed by atoms with E-state index in [0.717, 1.165) is 30.4 Å². The zero-order chi connectivity index (χ0) is 20.5. The monoisotopic (exact) mass is 384 g/mol. The molecule has 0 aliphatic heterocycles. The van der Waals surface area contributed by atoms with Crippen molar-refractivity contribution in [2.24, 2.45) is 11.8 Å². The van der Waals surface area contributed by atoms with Gasteiger partial charge >= 0.3 is 5.97 Å². The van der Waals surface area contributed by atoms with Crippen molar-refractivity contribution in [3.05, 3.63) is 41.5 Å². The van der Waals surface area contributed by atoms with Gasteiger partial charge in [-0.2, -0.15) is 0 Å². The van der Waals surface area contributed by atoms with Crippen LogP contribution in [0, 0.1) is 23.7 Å². The first kappa shape index (κ1) is 22.0. The maximum absolute atomic E-state index is 10.8. The van der Waals surface area contributed by atoms with E-state index in [0.29, 0.717) is 30.9 Å². The first-order valence-corrected chi connectivity index (χ1v) is 10.2. The summed E-state index contributed by atoms with van der Waals surface area (Å²) >= 11 is 0. The van der Waals surface area contributed by atoms with Gasteiger partial charge in [-0.3, -0.25) is 4.79 Å². The number of para-hydroxylation sites is 1. The van der Waals surface area contributed by atoms with E-state index in [9.17, 15) is 15.0 Å². The van der Waals surface area contributed by atoms with Crippen LogP contribution in [0.15, 0.2) is 30.4 Å². The SMILES string of the molecule is CC#CCC(C)C(O)/C=C/C1CCC[C@@H]1c1cccc(CCCC(=O)O)c1O. The molecule has 0 heterocycles. The third kappa shape index (κ3) is 6.14. The van der Waals surface area contributed by atoms with E-state index in [1.165, 1.54) is 0 Å². The van der Waals surface area contributed by atoms with Gasteiger partial charge in [0.05, 0.1) is 6.10 Å². The summed E-state index contributed by atoms with van der Waals surface area (Å²) in [6, 6.07) is 5.80. The van der Waals surface area contributed by atoms with Crippen LogP contribution in [0.3, 0.4) is 0 Å². The number of phenolic OH excluding ortho intramolecular Hbond substituents is 1. The van der Waals surface area contributed by atoms with Crippen LogP contribution < -0.4 is 0 Å². The number of aliphatic carboxylic acids is 1. The van der Waals surface area contributed by atoms with Crippen LogP contribution in [0.2, 0.25) is 0 Å². The van der Waals surface area contributed by atoms with Crippen molar-refractivity contribution in [2.75, 3.05) is 0 Å². The number of carboxylic acids is 1. The summed E-state index contributed by atoms with van der Waals surface area (Å²) in [5.41, 5.74) is 1.76. The molecule has 28 heavy (non-hydrogen) atoms. The minimum atomic E-state index is -0.811. The number of aromatic hydroxyl groups is 1. The number of carbonyl (C=O) groups is 1. The van der Waals surface area contributed by atoms with Gasteiger partial charge < -0.3 is 15.3 Å². The number of hydrogen-bond acceptors (Lipinski definition) is 3. The standard InChI is InChI=1S/C24H32O4/c1-3-4-8-17(2)22(25)16-15-18-9-5-12-20(18)21-13-6-10-19(24(21)28)11-7-14-23(26)27/h6,10,13,15-18,20,22,25,28H,5,7-9,11-12,14H2,1-2H3,(H,26,27)/b16-15+/t17?,18?,20-,22?/m0/s1. The third-order valence-corrected chi connectivity index (χ3v) is 5.70. The first-order chi connectivity index (χ1) is 13.4. The topological polar surface area (TPSA) is 77.8 Å². The summed E-state index contributed by atoms with van der Waals surface area (Å²) in [6.45, 7) is 3.80. The molecule has 1 aromatic rings. The summed E-state index contributed by atoms with van der Waals surface area (Å²) in [4.78, 5) is 10.7. The molecular weight excluding hydrogens is 352 g/mol. The Hall–Kier alpha value is -2.25. The Bertz CT molecular complexity index is 741. The number of hydrogen-bond donors (Lipinski definition) is 3. The number of aliphatic hydroxyl groups excluding tert-OH is 1. The Labute approximate surface area is 168 Å². The Balaban J connectivity index is 2.08. The highest BCUT2D eigenvalue weighted by Crippen LogP contribution is 2.44. The molecule has 3 unspecified atom stereocenters. The van der Waals surface area contributed by atoms with Crippen molar-refractivity contribution in [1.29, 1.82) is 0 Å². The van der Waals surface area contributed by atoms with Crippen molar-refractivity contribution in [1.82, 2.24) is 0 Å². The Morgan fingerprint density at radius 3 is 2.86 bits per heavy atom. The molecule has 3 N–H and O–H groups in total. The molecule has 1 fully saturated rings. The molecule has 4 heteroatoms. The van der Waals surface area contributed by atoms with E-state index in [2.05, 4.69) is 17.9 Å². The van der Waals surface area contributed by atoms with Crippen molar-refractivity contribution < 1.29 is 20.1 Å². The van der Waals surface area contributed by atoms with Crippen LogP contribution in [0.5, 0.6) is 5.75 Å². The fourth-order valence-corrected chi connectivity index (χ4v) is 3.98. The van der Waals surface area contributed by atoms with Gasteiger partial charge in [-0.25, -0.2) is 0 Å². The molecule has 0 saturated heterocycles. The van der Waals surface area contributed by atoms with Crippen LogP contribution in [0.4, 0.5) is 0 Å². The second-order valence-corrected chi connectivity index (χ2v) is 7.79. The van der Waals surface area contributed by atoms with Gasteiger partial charge in [-0.15, -0.1) is 11.8 Å². The maximum Gasteiger partial charge on any atom is 0.303 e. The Kier molecular flexibility index (Phi) is 8.60. The molecule has 1 saturated carbocycles. The van der Waals surface area contributed by atoms with Crippen molar-refractivity contribution in [3.8, 4) is 17.6 Å². The molecule has 0 amide bonds. The smallest absolute Gasteiger partial charge is 0.303 e. The summed E-state index contributed by atoms with van der Waals surface area (Å²) < 4.78 is 0. The van der Waals surface area contributed by atoms with Crippen molar-refractivity contribution >= 4 is 5.97 Å². The number of aliphatic hydroxyl groups is 1. The number of aryl methyl sites for hydroxylation is 1. The van der Waals surface area contributed by atoms with E-state index < -0.39 is 12.1 Å². The number of benzene rings is 1. The largest absolute Gasteiger partial charge is 0.507 e. The fraction of sp³-hybridized carbons (Fsp3) is 0.542. The highest BCUT2D eigenvalue weighted by atomic mass is 16.4. The molecule has 0 spiro atoms. The molecule has 0 radical (unpaired) electrons. The minimum absolute atomic E-state index is 0.0921. The molecule has 4 atom stereocenters. The zero-order valence-electron chi connectivity index (χ0n) is 16.9. The van der Waals surface area contributed by atoms with Crippen molar-refractivity contribution in [3.63, 3.8) is 0 Å². The average Bonchev–Trinajstić information content (AvgIpc) is 3.13. The van der Waals surface area contributed by atoms with Gasteiger partial charge in [0.15, 0.2) is 0 Å². The third-order valence-electron chi connectivity index (χ3n) is 5.70. The Morgan fingerprint density at radius 2 is 2.14 bits per heavy atom.